The standard InChI is InChI=1S/C15H25N3O2/c1-17(11-14-16-8-10-18(14)2)9-5-13-12-19-15(20-13)6-3-4-7-15/h8,10,13H,3-7,9,11-12H2,1-2H3. The molecule has 0 aromatic carbocycles. The third kappa shape index (κ3) is 3.05. The van der Waals surface area contributed by atoms with Gasteiger partial charge in [0.1, 0.15) is 5.82 Å². The molecule has 1 saturated carbocycles. The molecule has 1 aliphatic heterocycles. The average Bonchev–Trinajstić information content (AvgIpc) is 3.14. The van der Waals surface area contributed by atoms with Crippen molar-refractivity contribution in [2.45, 2.75) is 50.5 Å². The molecule has 0 bridgehead atoms. The van der Waals surface area contributed by atoms with Crippen molar-refractivity contribution in [1.82, 2.24) is 14.5 Å². The summed E-state index contributed by atoms with van der Waals surface area (Å²) in [5.41, 5.74) is 0. The number of hydrogen-bond acceptors (Lipinski definition) is 4. The van der Waals surface area contributed by atoms with Gasteiger partial charge in [-0.05, 0) is 26.3 Å². The van der Waals surface area contributed by atoms with Crippen LogP contribution < -0.4 is 0 Å². The Balaban J connectivity index is 1.42. The van der Waals surface area contributed by atoms with Crippen molar-refractivity contribution in [1.29, 1.82) is 0 Å². The minimum atomic E-state index is -0.219. The minimum Gasteiger partial charge on any atom is -0.347 e. The number of rotatable bonds is 5. The number of ether oxygens (including phenoxy) is 2. The second-order valence-electron chi connectivity index (χ2n) is 6.15. The molecule has 5 nitrogen and oxygen atoms in total. The quantitative estimate of drug-likeness (QED) is 0.825. The molecule has 1 unspecified atom stereocenters. The van der Waals surface area contributed by atoms with E-state index < -0.39 is 0 Å². The normalized spacial score (nSPS) is 25.1. The van der Waals surface area contributed by atoms with Crippen molar-refractivity contribution in [2.24, 2.45) is 7.05 Å². The molecule has 112 valence electrons. The van der Waals surface area contributed by atoms with Gasteiger partial charge in [0.25, 0.3) is 0 Å². The van der Waals surface area contributed by atoms with Crippen LogP contribution in [0.4, 0.5) is 0 Å². The Morgan fingerprint density at radius 1 is 1.45 bits per heavy atom. The lowest BCUT2D eigenvalue weighted by molar-refractivity contribution is -0.162. The molecule has 1 saturated heterocycles. The van der Waals surface area contributed by atoms with Gasteiger partial charge in [0.15, 0.2) is 5.79 Å². The van der Waals surface area contributed by atoms with E-state index in [9.17, 15) is 0 Å². The molecule has 0 radical (unpaired) electrons. The highest BCUT2D eigenvalue weighted by atomic mass is 16.7. The van der Waals surface area contributed by atoms with Crippen LogP contribution in [0.15, 0.2) is 12.4 Å². The molecule has 1 aliphatic carbocycles. The molecule has 1 spiro atoms. The summed E-state index contributed by atoms with van der Waals surface area (Å²) in [6.07, 6.45) is 9.76. The molecular formula is C15H25N3O2. The zero-order valence-corrected chi connectivity index (χ0v) is 12.5. The Labute approximate surface area is 120 Å². The van der Waals surface area contributed by atoms with Crippen LogP contribution in [0.1, 0.15) is 37.9 Å². The van der Waals surface area contributed by atoms with Crippen LogP contribution in [-0.4, -0.2) is 46.5 Å². The second kappa shape index (κ2) is 5.84. The van der Waals surface area contributed by atoms with E-state index in [0.717, 1.165) is 44.8 Å². The summed E-state index contributed by atoms with van der Waals surface area (Å²) in [5, 5.41) is 0. The fourth-order valence-corrected chi connectivity index (χ4v) is 3.17. The molecule has 20 heavy (non-hydrogen) atoms. The predicted molar refractivity (Wildman–Crippen MR) is 76.2 cm³/mol. The first-order chi connectivity index (χ1) is 9.67. The van der Waals surface area contributed by atoms with E-state index in [1.165, 1.54) is 12.8 Å². The summed E-state index contributed by atoms with van der Waals surface area (Å²) in [6.45, 7) is 2.65. The van der Waals surface area contributed by atoms with Crippen LogP contribution in [0.2, 0.25) is 0 Å². The van der Waals surface area contributed by atoms with E-state index in [1.54, 1.807) is 0 Å². The van der Waals surface area contributed by atoms with Crippen molar-refractivity contribution < 1.29 is 9.47 Å². The van der Waals surface area contributed by atoms with E-state index in [-0.39, 0.29) is 11.9 Å². The average molecular weight is 279 g/mol. The molecule has 2 aliphatic rings. The molecule has 1 aromatic rings. The van der Waals surface area contributed by atoms with Gasteiger partial charge in [0.2, 0.25) is 0 Å². The molecule has 1 atom stereocenters. The monoisotopic (exact) mass is 279 g/mol. The van der Waals surface area contributed by atoms with Gasteiger partial charge in [0.05, 0.1) is 19.3 Å². The van der Waals surface area contributed by atoms with Gasteiger partial charge in [-0.1, -0.05) is 0 Å². The Morgan fingerprint density at radius 2 is 2.25 bits per heavy atom. The van der Waals surface area contributed by atoms with Crippen molar-refractivity contribution >= 4 is 0 Å². The van der Waals surface area contributed by atoms with Crippen LogP contribution in [0.3, 0.4) is 0 Å². The first kappa shape index (κ1) is 14.0. The molecule has 5 heteroatoms. The van der Waals surface area contributed by atoms with Gasteiger partial charge < -0.3 is 14.0 Å². The van der Waals surface area contributed by atoms with Crippen LogP contribution in [0, 0.1) is 0 Å². The highest BCUT2D eigenvalue weighted by Crippen LogP contribution is 2.39. The number of nitrogens with zero attached hydrogens (tertiary/aromatic N) is 3. The maximum atomic E-state index is 6.15. The van der Waals surface area contributed by atoms with E-state index in [2.05, 4.69) is 21.5 Å². The largest absolute Gasteiger partial charge is 0.347 e. The van der Waals surface area contributed by atoms with E-state index in [0.29, 0.717) is 0 Å². The summed E-state index contributed by atoms with van der Waals surface area (Å²) in [6, 6.07) is 0. The van der Waals surface area contributed by atoms with Gasteiger partial charge in [-0.2, -0.15) is 0 Å². The maximum Gasteiger partial charge on any atom is 0.168 e. The van der Waals surface area contributed by atoms with E-state index >= 15 is 0 Å². The SMILES string of the molecule is CN(CCC1COC2(CCCC2)O1)Cc1nccn1C. The second-order valence-corrected chi connectivity index (χ2v) is 6.15. The summed E-state index contributed by atoms with van der Waals surface area (Å²) in [4.78, 5) is 6.66. The van der Waals surface area contributed by atoms with Crippen molar-refractivity contribution in [3.8, 4) is 0 Å². The van der Waals surface area contributed by atoms with Crippen LogP contribution in [-0.2, 0) is 23.1 Å². The first-order valence-corrected chi connectivity index (χ1v) is 7.63. The molecule has 3 rings (SSSR count). The van der Waals surface area contributed by atoms with Gasteiger partial charge in [0, 0.05) is 38.8 Å². The molecule has 1 aromatic heterocycles. The topological polar surface area (TPSA) is 39.5 Å². The lowest BCUT2D eigenvalue weighted by Gasteiger charge is -2.23. The van der Waals surface area contributed by atoms with E-state index in [1.807, 2.05) is 19.4 Å². The first-order valence-electron chi connectivity index (χ1n) is 7.63. The van der Waals surface area contributed by atoms with Crippen molar-refractivity contribution in [2.75, 3.05) is 20.2 Å². The molecule has 0 N–H and O–H groups in total. The number of aromatic nitrogens is 2. The van der Waals surface area contributed by atoms with Crippen molar-refractivity contribution in [3.63, 3.8) is 0 Å². The number of hydrogen-bond donors (Lipinski definition) is 0. The van der Waals surface area contributed by atoms with E-state index in [4.69, 9.17) is 9.47 Å². The molecule has 2 heterocycles. The Bertz CT molecular complexity index is 440. The van der Waals surface area contributed by atoms with Gasteiger partial charge in [-0.15, -0.1) is 0 Å². The fraction of sp³-hybridized carbons (Fsp3) is 0.800. The van der Waals surface area contributed by atoms with Gasteiger partial charge in [-0.3, -0.25) is 4.90 Å². The Kier molecular flexibility index (Phi) is 4.10. The number of aryl methyl sites for hydroxylation is 1. The third-order valence-corrected chi connectivity index (χ3v) is 4.44. The molecule has 0 amide bonds. The lowest BCUT2D eigenvalue weighted by atomic mass is 10.2. The summed E-state index contributed by atoms with van der Waals surface area (Å²) in [5.74, 6) is 0.881. The maximum absolute atomic E-state index is 6.15. The zero-order valence-electron chi connectivity index (χ0n) is 12.5. The predicted octanol–water partition coefficient (Wildman–Crippen LogP) is 1.93. The Hall–Kier alpha value is -0.910. The van der Waals surface area contributed by atoms with Crippen LogP contribution in [0.5, 0.6) is 0 Å². The molecule has 2 fully saturated rings. The highest BCUT2D eigenvalue weighted by molar-refractivity contribution is 4.90. The zero-order chi connectivity index (χ0) is 14.0. The minimum absolute atomic E-state index is 0.219. The lowest BCUT2D eigenvalue weighted by Crippen LogP contribution is -2.28. The van der Waals surface area contributed by atoms with Gasteiger partial charge >= 0.3 is 0 Å². The Morgan fingerprint density at radius 3 is 2.95 bits per heavy atom. The number of imidazole rings is 1. The third-order valence-electron chi connectivity index (χ3n) is 4.44. The summed E-state index contributed by atoms with van der Waals surface area (Å²) in [7, 11) is 4.17. The summed E-state index contributed by atoms with van der Waals surface area (Å²) >= 11 is 0. The fourth-order valence-electron chi connectivity index (χ4n) is 3.17. The van der Waals surface area contributed by atoms with Crippen LogP contribution in [0.25, 0.3) is 0 Å². The summed E-state index contributed by atoms with van der Waals surface area (Å²) < 4.78 is 14.1. The van der Waals surface area contributed by atoms with Crippen LogP contribution >= 0.6 is 0 Å². The van der Waals surface area contributed by atoms with Crippen molar-refractivity contribution in [3.05, 3.63) is 18.2 Å². The molecular weight excluding hydrogens is 254 g/mol. The van der Waals surface area contributed by atoms with Gasteiger partial charge in [-0.25, -0.2) is 4.98 Å². The smallest absolute Gasteiger partial charge is 0.168 e. The highest BCUT2D eigenvalue weighted by Gasteiger charge is 2.43.